The SMILES string of the molecule is O=C(Nc1ccc(N2CCCN(C(=O)c3ccc(C(F)(F)F)cc3)CC2)nc1)c1cccc(C(F)(F)F)c1. The molecule has 1 fully saturated rings. The zero-order chi connectivity index (χ0) is 27.5. The quantitative estimate of drug-likeness (QED) is 0.433. The fourth-order valence-electron chi connectivity index (χ4n) is 4.02. The van der Waals surface area contributed by atoms with E-state index in [0.717, 1.165) is 30.3 Å². The molecule has 0 radical (unpaired) electrons. The third kappa shape index (κ3) is 6.42. The minimum absolute atomic E-state index is 0.144. The lowest BCUT2D eigenvalue weighted by molar-refractivity contribution is -0.138. The lowest BCUT2D eigenvalue weighted by atomic mass is 10.1. The summed E-state index contributed by atoms with van der Waals surface area (Å²) in [5.41, 5.74) is -1.42. The molecule has 200 valence electrons. The van der Waals surface area contributed by atoms with Crippen LogP contribution in [0, 0.1) is 0 Å². The van der Waals surface area contributed by atoms with Gasteiger partial charge in [0.15, 0.2) is 0 Å². The highest BCUT2D eigenvalue weighted by molar-refractivity contribution is 6.04. The zero-order valence-corrected chi connectivity index (χ0v) is 19.8. The number of nitrogens with one attached hydrogen (secondary N) is 1. The van der Waals surface area contributed by atoms with Crippen molar-refractivity contribution in [1.82, 2.24) is 9.88 Å². The van der Waals surface area contributed by atoms with Crippen LogP contribution in [0.4, 0.5) is 37.8 Å². The fourth-order valence-corrected chi connectivity index (χ4v) is 4.02. The van der Waals surface area contributed by atoms with E-state index in [9.17, 15) is 35.9 Å². The summed E-state index contributed by atoms with van der Waals surface area (Å²) < 4.78 is 77.1. The van der Waals surface area contributed by atoms with Crippen molar-refractivity contribution in [2.45, 2.75) is 18.8 Å². The van der Waals surface area contributed by atoms with Crippen molar-refractivity contribution in [3.63, 3.8) is 0 Å². The molecule has 1 aliphatic heterocycles. The number of hydrogen-bond acceptors (Lipinski definition) is 4. The fraction of sp³-hybridized carbons (Fsp3) is 0.269. The van der Waals surface area contributed by atoms with Gasteiger partial charge in [-0.25, -0.2) is 4.98 Å². The number of hydrogen-bond donors (Lipinski definition) is 1. The van der Waals surface area contributed by atoms with Crippen LogP contribution in [0.5, 0.6) is 0 Å². The lowest BCUT2D eigenvalue weighted by Crippen LogP contribution is -2.35. The highest BCUT2D eigenvalue weighted by Gasteiger charge is 2.31. The maximum Gasteiger partial charge on any atom is 0.416 e. The number of benzene rings is 2. The molecule has 1 aliphatic rings. The van der Waals surface area contributed by atoms with Crippen LogP contribution < -0.4 is 10.2 Å². The minimum Gasteiger partial charge on any atom is -0.355 e. The second kappa shape index (κ2) is 10.7. The highest BCUT2D eigenvalue weighted by Crippen LogP contribution is 2.30. The second-order valence-corrected chi connectivity index (χ2v) is 8.65. The Hall–Kier alpha value is -4.09. The first-order valence-electron chi connectivity index (χ1n) is 11.6. The second-order valence-electron chi connectivity index (χ2n) is 8.65. The summed E-state index contributed by atoms with van der Waals surface area (Å²) in [7, 11) is 0. The van der Waals surface area contributed by atoms with Crippen molar-refractivity contribution < 1.29 is 35.9 Å². The van der Waals surface area contributed by atoms with Gasteiger partial charge in [-0.15, -0.1) is 0 Å². The predicted molar refractivity (Wildman–Crippen MR) is 128 cm³/mol. The van der Waals surface area contributed by atoms with Crippen molar-refractivity contribution in [3.05, 3.63) is 89.1 Å². The monoisotopic (exact) mass is 536 g/mol. The summed E-state index contributed by atoms with van der Waals surface area (Å²) in [5.74, 6) is -0.495. The molecule has 0 bridgehead atoms. The first-order valence-corrected chi connectivity index (χ1v) is 11.6. The first-order chi connectivity index (χ1) is 17.9. The Morgan fingerprint density at radius 2 is 1.47 bits per heavy atom. The van der Waals surface area contributed by atoms with Crippen molar-refractivity contribution in [1.29, 1.82) is 0 Å². The van der Waals surface area contributed by atoms with Gasteiger partial charge in [0.2, 0.25) is 0 Å². The van der Waals surface area contributed by atoms with Crippen LogP contribution in [0.3, 0.4) is 0 Å². The maximum absolute atomic E-state index is 12.9. The van der Waals surface area contributed by atoms with Crippen LogP contribution in [0.25, 0.3) is 0 Å². The van der Waals surface area contributed by atoms with Crippen LogP contribution in [-0.2, 0) is 12.4 Å². The van der Waals surface area contributed by atoms with Crippen molar-refractivity contribution >= 4 is 23.3 Å². The van der Waals surface area contributed by atoms with E-state index in [1.54, 1.807) is 17.0 Å². The Labute approximate surface area is 213 Å². The van der Waals surface area contributed by atoms with Gasteiger partial charge in [-0.1, -0.05) is 6.07 Å². The summed E-state index contributed by atoms with van der Waals surface area (Å²) in [5, 5.41) is 2.52. The standard InChI is InChI=1S/C26H22F6N4O2/c27-25(28,29)19-7-5-17(6-8-19)24(38)36-12-2-11-35(13-14-36)22-10-9-21(16-33-22)34-23(37)18-3-1-4-20(15-18)26(30,31)32/h1,3-10,15-16H,2,11-14H2,(H,34,37). The molecule has 4 rings (SSSR count). The molecule has 2 heterocycles. The van der Waals surface area contributed by atoms with Gasteiger partial charge in [0, 0.05) is 37.3 Å². The molecule has 6 nitrogen and oxygen atoms in total. The first kappa shape index (κ1) is 27.0. The summed E-state index contributed by atoms with van der Waals surface area (Å²) >= 11 is 0. The summed E-state index contributed by atoms with van der Waals surface area (Å²) in [6.45, 7) is 1.74. The van der Waals surface area contributed by atoms with Gasteiger partial charge in [-0.05, 0) is 61.0 Å². The van der Waals surface area contributed by atoms with Gasteiger partial charge in [0.05, 0.1) is 23.0 Å². The average Bonchev–Trinajstić information content (AvgIpc) is 3.14. The number of amides is 2. The van der Waals surface area contributed by atoms with E-state index in [0.29, 0.717) is 44.1 Å². The van der Waals surface area contributed by atoms with Gasteiger partial charge in [-0.3, -0.25) is 9.59 Å². The Kier molecular flexibility index (Phi) is 7.61. The molecule has 0 saturated carbocycles. The van der Waals surface area contributed by atoms with E-state index in [1.807, 2.05) is 4.90 Å². The molecule has 0 aliphatic carbocycles. The Morgan fingerprint density at radius 3 is 2.11 bits per heavy atom. The van der Waals surface area contributed by atoms with Gasteiger partial charge < -0.3 is 15.1 Å². The smallest absolute Gasteiger partial charge is 0.355 e. The Bertz CT molecular complexity index is 1290. The predicted octanol–water partition coefficient (Wildman–Crippen LogP) is 5.72. The van der Waals surface area contributed by atoms with E-state index in [2.05, 4.69) is 10.3 Å². The number of pyridine rings is 1. The summed E-state index contributed by atoms with van der Waals surface area (Å²) in [6.07, 6.45) is -7.06. The summed E-state index contributed by atoms with van der Waals surface area (Å²) in [4.78, 5) is 33.0. The Morgan fingerprint density at radius 1 is 0.763 bits per heavy atom. The van der Waals surface area contributed by atoms with Crippen LogP contribution >= 0.6 is 0 Å². The minimum atomic E-state index is -4.56. The molecule has 3 aromatic rings. The van der Waals surface area contributed by atoms with Gasteiger partial charge >= 0.3 is 12.4 Å². The highest BCUT2D eigenvalue weighted by atomic mass is 19.4. The number of rotatable bonds is 4. The largest absolute Gasteiger partial charge is 0.416 e. The zero-order valence-electron chi connectivity index (χ0n) is 19.8. The van der Waals surface area contributed by atoms with Gasteiger partial charge in [0.25, 0.3) is 11.8 Å². The molecule has 0 atom stereocenters. The third-order valence-corrected chi connectivity index (χ3v) is 6.02. The molecule has 38 heavy (non-hydrogen) atoms. The summed E-state index contributed by atoms with van der Waals surface area (Å²) in [6, 6.07) is 11.4. The number of carbonyl (C=O) groups excluding carboxylic acids is 2. The molecular formula is C26H22F6N4O2. The molecular weight excluding hydrogens is 514 g/mol. The van der Waals surface area contributed by atoms with Crippen LogP contribution in [0.15, 0.2) is 66.9 Å². The van der Waals surface area contributed by atoms with Crippen LogP contribution in [0.2, 0.25) is 0 Å². The number of nitrogens with zero attached hydrogens (tertiary/aromatic N) is 3. The van der Waals surface area contributed by atoms with Crippen LogP contribution in [-0.4, -0.2) is 47.9 Å². The van der Waals surface area contributed by atoms with Crippen LogP contribution in [0.1, 0.15) is 38.3 Å². The number of aromatic nitrogens is 1. The average molecular weight is 536 g/mol. The van der Waals surface area contributed by atoms with E-state index in [1.165, 1.54) is 24.4 Å². The molecule has 12 heteroatoms. The van der Waals surface area contributed by atoms with E-state index in [4.69, 9.17) is 0 Å². The number of carbonyl (C=O) groups is 2. The number of anilines is 2. The molecule has 2 amide bonds. The molecule has 1 aromatic heterocycles. The van der Waals surface area contributed by atoms with Crippen molar-refractivity contribution in [3.8, 4) is 0 Å². The third-order valence-electron chi connectivity index (χ3n) is 6.02. The number of halogens is 6. The lowest BCUT2D eigenvalue weighted by Gasteiger charge is -2.23. The number of alkyl halides is 6. The molecule has 1 saturated heterocycles. The molecule has 1 N–H and O–H groups in total. The van der Waals surface area contributed by atoms with Gasteiger partial charge in [-0.2, -0.15) is 26.3 Å². The van der Waals surface area contributed by atoms with Crippen molar-refractivity contribution in [2.75, 3.05) is 36.4 Å². The van der Waals surface area contributed by atoms with Gasteiger partial charge in [0.1, 0.15) is 5.82 Å². The van der Waals surface area contributed by atoms with Crippen molar-refractivity contribution in [2.24, 2.45) is 0 Å². The normalized spacial score (nSPS) is 14.7. The maximum atomic E-state index is 12.9. The topological polar surface area (TPSA) is 65.5 Å². The molecule has 0 spiro atoms. The van der Waals surface area contributed by atoms with E-state index >= 15 is 0 Å². The van der Waals surface area contributed by atoms with E-state index < -0.39 is 29.4 Å². The molecule has 0 unspecified atom stereocenters. The Balaban J connectivity index is 1.36. The van der Waals surface area contributed by atoms with E-state index in [-0.39, 0.29) is 17.0 Å². The molecule has 2 aromatic carbocycles.